The third kappa shape index (κ3) is 3.49. The van der Waals surface area contributed by atoms with Gasteiger partial charge in [-0.1, -0.05) is 6.07 Å². The van der Waals surface area contributed by atoms with Gasteiger partial charge in [-0.3, -0.25) is 0 Å². The Balaban J connectivity index is 2.22. The Morgan fingerprint density at radius 2 is 2.16 bits per heavy atom. The lowest BCUT2D eigenvalue weighted by Crippen LogP contribution is -2.07. The average Bonchev–Trinajstić information content (AvgIpc) is 2.72. The normalized spacial score (nSPS) is 11.5. The van der Waals surface area contributed by atoms with Gasteiger partial charge in [-0.2, -0.15) is 0 Å². The van der Waals surface area contributed by atoms with Crippen molar-refractivity contribution in [2.75, 3.05) is 17.3 Å². The standard InChI is InChI=1S/C12H13BrN2O2S2/c1-19(16,17)11-4-2-3-10(12(11)14)15-6-9-5-8(13)7-18-9/h2-5,7,15H,6,14H2,1H3. The van der Waals surface area contributed by atoms with E-state index in [0.717, 1.165) is 15.6 Å². The molecule has 0 aliphatic rings. The molecule has 0 saturated heterocycles. The molecule has 4 nitrogen and oxygen atoms in total. The van der Waals surface area contributed by atoms with Gasteiger partial charge in [0, 0.05) is 27.5 Å². The molecule has 1 heterocycles. The SMILES string of the molecule is CS(=O)(=O)c1cccc(NCc2cc(Br)cs2)c1N. The minimum absolute atomic E-state index is 0.157. The van der Waals surface area contributed by atoms with Crippen LogP contribution >= 0.6 is 27.3 Å². The van der Waals surface area contributed by atoms with E-state index in [1.54, 1.807) is 23.5 Å². The number of sulfone groups is 1. The molecule has 0 spiro atoms. The number of anilines is 2. The maximum absolute atomic E-state index is 11.6. The van der Waals surface area contributed by atoms with E-state index in [4.69, 9.17) is 5.73 Å². The fourth-order valence-corrected chi connectivity index (χ4v) is 3.88. The molecule has 0 amide bonds. The van der Waals surface area contributed by atoms with Crippen molar-refractivity contribution in [1.82, 2.24) is 0 Å². The van der Waals surface area contributed by atoms with Gasteiger partial charge in [0.05, 0.1) is 16.3 Å². The van der Waals surface area contributed by atoms with Crippen molar-refractivity contribution < 1.29 is 8.42 Å². The number of hydrogen-bond donors (Lipinski definition) is 2. The molecular formula is C12H13BrN2O2S2. The maximum Gasteiger partial charge on any atom is 0.177 e. The number of hydrogen-bond acceptors (Lipinski definition) is 5. The number of para-hydroxylation sites is 1. The van der Waals surface area contributed by atoms with Crippen molar-refractivity contribution in [3.05, 3.63) is 39.0 Å². The number of nitrogen functional groups attached to an aromatic ring is 1. The molecule has 0 radical (unpaired) electrons. The second kappa shape index (κ2) is 5.52. The van der Waals surface area contributed by atoms with Crippen LogP contribution in [0.5, 0.6) is 0 Å². The van der Waals surface area contributed by atoms with Crippen LogP contribution in [0.4, 0.5) is 11.4 Å². The predicted molar refractivity (Wildman–Crippen MR) is 83.3 cm³/mol. The van der Waals surface area contributed by atoms with E-state index < -0.39 is 9.84 Å². The summed E-state index contributed by atoms with van der Waals surface area (Å²) in [6.07, 6.45) is 1.15. The number of thiophene rings is 1. The first-order chi connectivity index (χ1) is 8.88. The van der Waals surface area contributed by atoms with E-state index in [0.29, 0.717) is 12.2 Å². The van der Waals surface area contributed by atoms with Crippen LogP contribution in [0.1, 0.15) is 4.88 Å². The maximum atomic E-state index is 11.6. The topological polar surface area (TPSA) is 72.2 Å². The highest BCUT2D eigenvalue weighted by Crippen LogP contribution is 2.28. The Morgan fingerprint density at radius 1 is 1.42 bits per heavy atom. The molecule has 2 rings (SSSR count). The highest BCUT2D eigenvalue weighted by atomic mass is 79.9. The van der Waals surface area contributed by atoms with Gasteiger partial charge in [0.15, 0.2) is 9.84 Å². The van der Waals surface area contributed by atoms with E-state index in [1.165, 1.54) is 6.07 Å². The predicted octanol–water partition coefficient (Wildman–Crippen LogP) is 3.11. The first-order valence-electron chi connectivity index (χ1n) is 5.43. The van der Waals surface area contributed by atoms with E-state index in [1.807, 2.05) is 11.4 Å². The Labute approximate surface area is 124 Å². The quantitative estimate of drug-likeness (QED) is 0.821. The van der Waals surface area contributed by atoms with Crippen LogP contribution in [-0.4, -0.2) is 14.7 Å². The van der Waals surface area contributed by atoms with Crippen LogP contribution < -0.4 is 11.1 Å². The molecule has 0 saturated carbocycles. The molecule has 0 atom stereocenters. The van der Waals surface area contributed by atoms with Gasteiger partial charge in [0.1, 0.15) is 0 Å². The lowest BCUT2D eigenvalue weighted by molar-refractivity contribution is 0.602. The van der Waals surface area contributed by atoms with Crippen LogP contribution in [-0.2, 0) is 16.4 Å². The summed E-state index contributed by atoms with van der Waals surface area (Å²) in [5, 5.41) is 5.15. The van der Waals surface area contributed by atoms with Crippen LogP contribution in [0.3, 0.4) is 0 Å². The van der Waals surface area contributed by atoms with Gasteiger partial charge in [-0.25, -0.2) is 8.42 Å². The van der Waals surface area contributed by atoms with E-state index in [-0.39, 0.29) is 10.6 Å². The number of rotatable bonds is 4. The molecule has 19 heavy (non-hydrogen) atoms. The van der Waals surface area contributed by atoms with Gasteiger partial charge in [-0.05, 0) is 34.1 Å². The summed E-state index contributed by atoms with van der Waals surface area (Å²) in [7, 11) is -3.30. The summed E-state index contributed by atoms with van der Waals surface area (Å²) in [6, 6.07) is 6.97. The summed E-state index contributed by atoms with van der Waals surface area (Å²) in [4.78, 5) is 1.29. The number of nitrogens with two attached hydrogens (primary N) is 1. The van der Waals surface area contributed by atoms with Crippen molar-refractivity contribution in [2.45, 2.75) is 11.4 Å². The first kappa shape index (κ1) is 14.4. The van der Waals surface area contributed by atoms with Crippen molar-refractivity contribution >= 4 is 48.5 Å². The molecule has 7 heteroatoms. The van der Waals surface area contributed by atoms with Crippen LogP contribution in [0.15, 0.2) is 39.0 Å². The number of halogens is 1. The van der Waals surface area contributed by atoms with Gasteiger partial charge < -0.3 is 11.1 Å². The molecule has 0 unspecified atom stereocenters. The minimum atomic E-state index is -3.30. The second-order valence-corrected chi connectivity index (χ2v) is 7.97. The molecule has 1 aromatic heterocycles. The van der Waals surface area contributed by atoms with E-state index in [9.17, 15) is 8.42 Å². The molecule has 1 aromatic carbocycles. The Hall–Kier alpha value is -1.05. The number of nitrogens with one attached hydrogen (secondary N) is 1. The minimum Gasteiger partial charge on any atom is -0.396 e. The monoisotopic (exact) mass is 360 g/mol. The van der Waals surface area contributed by atoms with E-state index >= 15 is 0 Å². The van der Waals surface area contributed by atoms with Gasteiger partial charge in [0.2, 0.25) is 0 Å². The highest BCUT2D eigenvalue weighted by molar-refractivity contribution is 9.10. The summed E-state index contributed by atoms with van der Waals surface area (Å²) in [5.74, 6) is 0. The third-order valence-corrected chi connectivity index (χ3v) is 5.39. The molecule has 0 aliphatic heterocycles. The van der Waals surface area contributed by atoms with Crippen molar-refractivity contribution in [2.24, 2.45) is 0 Å². The van der Waals surface area contributed by atoms with Gasteiger partial charge >= 0.3 is 0 Å². The fourth-order valence-electron chi connectivity index (χ4n) is 1.65. The Morgan fingerprint density at radius 3 is 2.74 bits per heavy atom. The van der Waals surface area contributed by atoms with Gasteiger partial charge in [-0.15, -0.1) is 11.3 Å². The van der Waals surface area contributed by atoms with Crippen LogP contribution in [0.25, 0.3) is 0 Å². The first-order valence-corrected chi connectivity index (χ1v) is 8.99. The zero-order valence-electron chi connectivity index (χ0n) is 10.2. The summed E-state index contributed by atoms with van der Waals surface area (Å²) < 4.78 is 24.2. The van der Waals surface area contributed by atoms with Gasteiger partial charge in [0.25, 0.3) is 0 Å². The van der Waals surface area contributed by atoms with Crippen LogP contribution in [0, 0.1) is 0 Å². The van der Waals surface area contributed by atoms with Crippen molar-refractivity contribution in [3.63, 3.8) is 0 Å². The Bertz CT molecular complexity index is 696. The Kier molecular flexibility index (Phi) is 4.17. The molecule has 0 fully saturated rings. The largest absolute Gasteiger partial charge is 0.396 e. The number of benzene rings is 1. The van der Waals surface area contributed by atoms with E-state index in [2.05, 4.69) is 21.2 Å². The molecule has 0 bridgehead atoms. The smallest absolute Gasteiger partial charge is 0.177 e. The lowest BCUT2D eigenvalue weighted by atomic mass is 10.2. The summed E-state index contributed by atoms with van der Waals surface area (Å²) >= 11 is 5.01. The third-order valence-electron chi connectivity index (χ3n) is 2.54. The summed E-state index contributed by atoms with van der Waals surface area (Å²) in [6.45, 7) is 0.605. The molecule has 2 aromatic rings. The zero-order valence-corrected chi connectivity index (χ0v) is 13.4. The molecule has 102 valence electrons. The summed E-state index contributed by atoms with van der Waals surface area (Å²) in [5.41, 5.74) is 6.79. The highest BCUT2D eigenvalue weighted by Gasteiger charge is 2.13. The molecular weight excluding hydrogens is 348 g/mol. The zero-order chi connectivity index (χ0) is 14.0. The van der Waals surface area contributed by atoms with Crippen LogP contribution in [0.2, 0.25) is 0 Å². The lowest BCUT2D eigenvalue weighted by Gasteiger charge is -2.11. The molecule has 3 N–H and O–H groups in total. The second-order valence-electron chi connectivity index (χ2n) is 4.07. The van der Waals surface area contributed by atoms with Crippen molar-refractivity contribution in [1.29, 1.82) is 0 Å². The fraction of sp³-hybridized carbons (Fsp3) is 0.167. The average molecular weight is 361 g/mol. The molecule has 0 aliphatic carbocycles. The van der Waals surface area contributed by atoms with Crippen molar-refractivity contribution in [3.8, 4) is 0 Å².